The van der Waals surface area contributed by atoms with Crippen molar-refractivity contribution in [2.24, 2.45) is 0 Å². The Morgan fingerprint density at radius 3 is 2.64 bits per heavy atom. The Morgan fingerprint density at radius 1 is 1.43 bits per heavy atom. The van der Waals surface area contributed by atoms with Gasteiger partial charge in [0.15, 0.2) is 10.9 Å². The van der Waals surface area contributed by atoms with Crippen LogP contribution >= 0.6 is 11.6 Å². The average molecular weight is 212 g/mol. The van der Waals surface area contributed by atoms with Crippen LogP contribution in [-0.2, 0) is 0 Å². The van der Waals surface area contributed by atoms with Crippen LogP contribution in [0.25, 0.3) is 0 Å². The SMILES string of the molecule is CC(C)c1ccc(OC2CC2)c(Cl)n1. The molecule has 0 saturated heterocycles. The molecule has 0 unspecified atom stereocenters. The summed E-state index contributed by atoms with van der Waals surface area (Å²) in [5.74, 6) is 1.13. The highest BCUT2D eigenvalue weighted by atomic mass is 35.5. The molecule has 1 aliphatic carbocycles. The van der Waals surface area contributed by atoms with Crippen molar-refractivity contribution in [3.05, 3.63) is 23.0 Å². The molecular weight excluding hydrogens is 198 g/mol. The van der Waals surface area contributed by atoms with Crippen LogP contribution in [0.15, 0.2) is 12.1 Å². The van der Waals surface area contributed by atoms with Gasteiger partial charge in [-0.25, -0.2) is 4.98 Å². The normalized spacial score (nSPS) is 16.0. The summed E-state index contributed by atoms with van der Waals surface area (Å²) in [5.41, 5.74) is 1.01. The summed E-state index contributed by atoms with van der Waals surface area (Å²) in [4.78, 5) is 4.29. The van der Waals surface area contributed by atoms with Gasteiger partial charge >= 0.3 is 0 Å². The molecule has 0 N–H and O–H groups in total. The number of pyridine rings is 1. The lowest BCUT2D eigenvalue weighted by Crippen LogP contribution is -1.99. The highest BCUT2D eigenvalue weighted by Gasteiger charge is 2.24. The van der Waals surface area contributed by atoms with Crippen LogP contribution in [0.5, 0.6) is 5.75 Å². The van der Waals surface area contributed by atoms with E-state index in [1.807, 2.05) is 12.1 Å². The van der Waals surface area contributed by atoms with E-state index >= 15 is 0 Å². The first-order chi connectivity index (χ1) is 6.66. The Kier molecular flexibility index (Phi) is 2.64. The van der Waals surface area contributed by atoms with Crippen molar-refractivity contribution in [2.45, 2.75) is 38.7 Å². The first-order valence-corrected chi connectivity index (χ1v) is 5.37. The van der Waals surface area contributed by atoms with Gasteiger partial charge in [-0.1, -0.05) is 25.4 Å². The fraction of sp³-hybridized carbons (Fsp3) is 0.545. The summed E-state index contributed by atoms with van der Waals surface area (Å²) in [6, 6.07) is 3.90. The second-order valence-electron chi connectivity index (χ2n) is 4.00. The minimum absolute atomic E-state index is 0.374. The third kappa shape index (κ3) is 2.18. The van der Waals surface area contributed by atoms with E-state index in [0.29, 0.717) is 17.2 Å². The lowest BCUT2D eigenvalue weighted by Gasteiger charge is -2.09. The molecule has 0 amide bonds. The van der Waals surface area contributed by atoms with Crippen molar-refractivity contribution in [3.8, 4) is 5.75 Å². The van der Waals surface area contributed by atoms with Gasteiger partial charge in [-0.2, -0.15) is 0 Å². The summed E-state index contributed by atoms with van der Waals surface area (Å²) < 4.78 is 5.60. The highest BCUT2D eigenvalue weighted by Crippen LogP contribution is 2.31. The predicted octanol–water partition coefficient (Wildman–Crippen LogP) is 3.40. The Bertz CT molecular complexity index is 334. The fourth-order valence-corrected chi connectivity index (χ4v) is 1.42. The van der Waals surface area contributed by atoms with Crippen LogP contribution in [0.1, 0.15) is 38.3 Å². The summed E-state index contributed by atoms with van der Waals surface area (Å²) in [6.07, 6.45) is 2.66. The second kappa shape index (κ2) is 3.77. The van der Waals surface area contributed by atoms with Gasteiger partial charge in [-0.05, 0) is 30.9 Å². The number of hydrogen-bond donors (Lipinski definition) is 0. The number of nitrogens with zero attached hydrogens (tertiary/aromatic N) is 1. The van der Waals surface area contributed by atoms with Gasteiger partial charge in [0.1, 0.15) is 0 Å². The van der Waals surface area contributed by atoms with Crippen LogP contribution in [0.3, 0.4) is 0 Å². The van der Waals surface area contributed by atoms with Crippen LogP contribution in [0, 0.1) is 0 Å². The largest absolute Gasteiger partial charge is 0.487 e. The summed E-state index contributed by atoms with van der Waals surface area (Å²) >= 11 is 6.01. The number of halogens is 1. The molecule has 2 rings (SSSR count). The average Bonchev–Trinajstić information content (AvgIpc) is 2.92. The lowest BCUT2D eigenvalue weighted by molar-refractivity contribution is 0.302. The number of hydrogen-bond acceptors (Lipinski definition) is 2. The lowest BCUT2D eigenvalue weighted by atomic mass is 10.1. The molecule has 1 aromatic rings. The molecule has 0 radical (unpaired) electrons. The molecule has 1 heterocycles. The maximum atomic E-state index is 6.01. The molecule has 1 fully saturated rings. The van der Waals surface area contributed by atoms with Gasteiger partial charge in [-0.15, -0.1) is 0 Å². The maximum Gasteiger partial charge on any atom is 0.171 e. The smallest absolute Gasteiger partial charge is 0.171 e. The minimum atomic E-state index is 0.374. The summed E-state index contributed by atoms with van der Waals surface area (Å²) in [6.45, 7) is 4.19. The van der Waals surface area contributed by atoms with Crippen molar-refractivity contribution in [3.63, 3.8) is 0 Å². The zero-order chi connectivity index (χ0) is 10.1. The van der Waals surface area contributed by atoms with E-state index in [1.54, 1.807) is 0 Å². The monoisotopic (exact) mass is 211 g/mol. The van der Waals surface area contributed by atoms with Crippen molar-refractivity contribution in [1.29, 1.82) is 0 Å². The molecule has 1 aliphatic rings. The third-order valence-corrected chi connectivity index (χ3v) is 2.52. The molecule has 0 spiro atoms. The van der Waals surface area contributed by atoms with Crippen LogP contribution < -0.4 is 4.74 Å². The summed E-state index contributed by atoms with van der Waals surface area (Å²) in [5, 5.41) is 0.489. The van der Waals surface area contributed by atoms with Crippen molar-refractivity contribution in [1.82, 2.24) is 4.98 Å². The Balaban J connectivity index is 2.17. The van der Waals surface area contributed by atoms with Crippen molar-refractivity contribution >= 4 is 11.6 Å². The Hall–Kier alpha value is -0.760. The topological polar surface area (TPSA) is 22.1 Å². The van der Waals surface area contributed by atoms with Crippen LogP contribution in [0.4, 0.5) is 0 Å². The molecule has 0 aromatic carbocycles. The van der Waals surface area contributed by atoms with Crippen LogP contribution in [0.2, 0.25) is 5.15 Å². The van der Waals surface area contributed by atoms with E-state index in [-0.39, 0.29) is 0 Å². The van der Waals surface area contributed by atoms with Gasteiger partial charge in [0, 0.05) is 5.69 Å². The van der Waals surface area contributed by atoms with Gasteiger partial charge in [-0.3, -0.25) is 0 Å². The van der Waals surface area contributed by atoms with Crippen LogP contribution in [-0.4, -0.2) is 11.1 Å². The van der Waals surface area contributed by atoms with E-state index in [4.69, 9.17) is 16.3 Å². The predicted molar refractivity (Wildman–Crippen MR) is 57.0 cm³/mol. The summed E-state index contributed by atoms with van der Waals surface area (Å²) in [7, 11) is 0. The van der Waals surface area contributed by atoms with Crippen molar-refractivity contribution in [2.75, 3.05) is 0 Å². The quantitative estimate of drug-likeness (QED) is 0.715. The molecule has 1 saturated carbocycles. The van der Waals surface area contributed by atoms with E-state index in [2.05, 4.69) is 18.8 Å². The zero-order valence-corrected chi connectivity index (χ0v) is 9.21. The van der Waals surface area contributed by atoms with Gasteiger partial charge < -0.3 is 4.74 Å². The molecule has 2 nitrogen and oxygen atoms in total. The first-order valence-electron chi connectivity index (χ1n) is 5.00. The van der Waals surface area contributed by atoms with E-state index in [0.717, 1.165) is 24.3 Å². The highest BCUT2D eigenvalue weighted by molar-refractivity contribution is 6.30. The third-order valence-electron chi connectivity index (χ3n) is 2.25. The molecule has 0 atom stereocenters. The molecule has 0 bridgehead atoms. The molecule has 1 aromatic heterocycles. The van der Waals surface area contributed by atoms with Gasteiger partial charge in [0.05, 0.1) is 6.10 Å². The van der Waals surface area contributed by atoms with Gasteiger partial charge in [0.25, 0.3) is 0 Å². The van der Waals surface area contributed by atoms with E-state index in [1.165, 1.54) is 0 Å². The molecule has 0 aliphatic heterocycles. The first kappa shape index (κ1) is 9.78. The fourth-order valence-electron chi connectivity index (χ4n) is 1.21. The second-order valence-corrected chi connectivity index (χ2v) is 4.35. The van der Waals surface area contributed by atoms with E-state index in [9.17, 15) is 0 Å². The zero-order valence-electron chi connectivity index (χ0n) is 8.46. The molecule has 14 heavy (non-hydrogen) atoms. The minimum Gasteiger partial charge on any atom is -0.487 e. The number of aromatic nitrogens is 1. The molecule has 3 heteroatoms. The van der Waals surface area contributed by atoms with Gasteiger partial charge in [0.2, 0.25) is 0 Å². The van der Waals surface area contributed by atoms with E-state index < -0.39 is 0 Å². The molecular formula is C11H14ClNO. The van der Waals surface area contributed by atoms with Crippen molar-refractivity contribution < 1.29 is 4.74 Å². The number of rotatable bonds is 3. The maximum absolute atomic E-state index is 6.01. The standard InChI is InChI=1S/C11H14ClNO/c1-7(2)9-5-6-10(11(12)13-9)14-8-3-4-8/h5-8H,3-4H2,1-2H3. The number of ether oxygens (including phenoxy) is 1. The Labute approximate surface area is 89.3 Å². The molecule has 76 valence electrons. The Morgan fingerprint density at radius 2 is 2.14 bits per heavy atom.